The van der Waals surface area contributed by atoms with Gasteiger partial charge < -0.3 is 21.3 Å². The molecule has 88 valence electrons. The number of nitrogens with one attached hydrogen (secondary N) is 1. The Balaban J connectivity index is 2.52. The number of benzene rings is 1. The average Bonchev–Trinajstić information content (AvgIpc) is 2.24. The van der Waals surface area contributed by atoms with Gasteiger partial charge in [0.25, 0.3) is 0 Å². The van der Waals surface area contributed by atoms with Crippen molar-refractivity contribution in [2.75, 3.05) is 18.9 Å². The molecule has 0 aliphatic heterocycles. The van der Waals surface area contributed by atoms with Gasteiger partial charge >= 0.3 is 0 Å². The van der Waals surface area contributed by atoms with Crippen molar-refractivity contribution in [2.24, 2.45) is 0 Å². The maximum atomic E-state index is 11.4. The van der Waals surface area contributed by atoms with Crippen molar-refractivity contribution in [3.8, 4) is 5.75 Å². The summed E-state index contributed by atoms with van der Waals surface area (Å²) in [5.41, 5.74) is 6.74. The number of phenolic OH excluding ortho intramolecular Hbond substituents is 1. The van der Waals surface area contributed by atoms with Crippen molar-refractivity contribution < 1.29 is 15.0 Å². The standard InChI is InChI=1S/C11H16N2O3/c12-10-3-2-9(15)6-8(10)7-11(16)13-4-1-5-14/h2-3,6,14-15H,1,4-5,7,12H2,(H,13,16). The fourth-order valence-corrected chi connectivity index (χ4v) is 1.29. The van der Waals surface area contributed by atoms with Crippen LogP contribution in [-0.2, 0) is 11.2 Å². The van der Waals surface area contributed by atoms with E-state index in [0.717, 1.165) is 0 Å². The maximum Gasteiger partial charge on any atom is 0.224 e. The zero-order valence-electron chi connectivity index (χ0n) is 8.94. The highest BCUT2D eigenvalue weighted by molar-refractivity contribution is 5.80. The summed E-state index contributed by atoms with van der Waals surface area (Å²) in [4.78, 5) is 11.4. The van der Waals surface area contributed by atoms with Crippen LogP contribution in [0.4, 0.5) is 5.69 Å². The second kappa shape index (κ2) is 5.97. The molecule has 0 aliphatic carbocycles. The van der Waals surface area contributed by atoms with E-state index in [1.807, 2.05) is 0 Å². The number of aromatic hydroxyl groups is 1. The Labute approximate surface area is 93.9 Å². The molecule has 5 nitrogen and oxygen atoms in total. The third kappa shape index (κ3) is 3.78. The summed E-state index contributed by atoms with van der Waals surface area (Å²) < 4.78 is 0. The minimum absolute atomic E-state index is 0.0501. The molecule has 0 unspecified atom stereocenters. The summed E-state index contributed by atoms with van der Waals surface area (Å²) in [5, 5.41) is 20.4. The van der Waals surface area contributed by atoms with Gasteiger partial charge in [0.1, 0.15) is 5.75 Å². The highest BCUT2D eigenvalue weighted by Gasteiger charge is 2.06. The number of hydrogen-bond acceptors (Lipinski definition) is 4. The van der Waals surface area contributed by atoms with E-state index < -0.39 is 0 Å². The van der Waals surface area contributed by atoms with Gasteiger partial charge in [0.2, 0.25) is 5.91 Å². The van der Waals surface area contributed by atoms with Crippen LogP contribution in [0.1, 0.15) is 12.0 Å². The summed E-state index contributed by atoms with van der Waals surface area (Å²) in [5.74, 6) is -0.0851. The van der Waals surface area contributed by atoms with Gasteiger partial charge in [-0.1, -0.05) is 0 Å². The van der Waals surface area contributed by atoms with E-state index in [-0.39, 0.29) is 24.7 Å². The van der Waals surface area contributed by atoms with Crippen molar-refractivity contribution in [1.29, 1.82) is 0 Å². The first-order valence-electron chi connectivity index (χ1n) is 5.08. The Morgan fingerprint density at radius 2 is 2.19 bits per heavy atom. The number of rotatable bonds is 5. The second-order valence-electron chi connectivity index (χ2n) is 3.49. The molecule has 0 heterocycles. The lowest BCUT2D eigenvalue weighted by atomic mass is 10.1. The molecular formula is C11H16N2O3. The molecule has 0 atom stereocenters. The molecule has 0 radical (unpaired) electrons. The van der Waals surface area contributed by atoms with E-state index in [2.05, 4.69) is 5.32 Å². The maximum absolute atomic E-state index is 11.4. The van der Waals surface area contributed by atoms with Crippen LogP contribution in [0, 0.1) is 0 Å². The number of nitrogen functional groups attached to an aromatic ring is 1. The van der Waals surface area contributed by atoms with Crippen LogP contribution in [0.25, 0.3) is 0 Å². The van der Waals surface area contributed by atoms with Gasteiger partial charge in [-0.05, 0) is 30.2 Å². The number of carbonyl (C=O) groups excluding carboxylic acids is 1. The predicted octanol–water partition coefficient (Wildman–Crippen LogP) is 0.0155. The summed E-state index contributed by atoms with van der Waals surface area (Å²) in [6.45, 7) is 0.489. The van der Waals surface area contributed by atoms with Crippen molar-refractivity contribution in [3.05, 3.63) is 23.8 Å². The normalized spacial score (nSPS) is 10.1. The first-order chi connectivity index (χ1) is 7.63. The van der Waals surface area contributed by atoms with Gasteiger partial charge in [-0.25, -0.2) is 0 Å². The highest BCUT2D eigenvalue weighted by Crippen LogP contribution is 2.18. The third-order valence-electron chi connectivity index (χ3n) is 2.13. The molecule has 0 fully saturated rings. The molecule has 0 saturated heterocycles. The van der Waals surface area contributed by atoms with Gasteiger partial charge in [0.05, 0.1) is 6.42 Å². The lowest BCUT2D eigenvalue weighted by Gasteiger charge is -2.07. The molecule has 1 rings (SSSR count). The molecule has 16 heavy (non-hydrogen) atoms. The van der Waals surface area contributed by atoms with Gasteiger partial charge in [0, 0.05) is 18.8 Å². The molecule has 0 spiro atoms. The van der Waals surface area contributed by atoms with Crippen LogP contribution < -0.4 is 11.1 Å². The summed E-state index contributed by atoms with van der Waals surface area (Å²) >= 11 is 0. The smallest absolute Gasteiger partial charge is 0.224 e. The summed E-state index contributed by atoms with van der Waals surface area (Å²) in [6, 6.07) is 4.51. The monoisotopic (exact) mass is 224 g/mol. The van der Waals surface area contributed by atoms with Gasteiger partial charge in [-0.3, -0.25) is 4.79 Å². The number of nitrogens with two attached hydrogens (primary N) is 1. The Kier molecular flexibility index (Phi) is 4.60. The van der Waals surface area contributed by atoms with E-state index in [9.17, 15) is 9.90 Å². The molecule has 0 saturated carbocycles. The SMILES string of the molecule is Nc1ccc(O)cc1CC(=O)NCCCO. The Morgan fingerprint density at radius 1 is 1.44 bits per heavy atom. The Hall–Kier alpha value is -1.75. The number of anilines is 1. The first-order valence-corrected chi connectivity index (χ1v) is 5.08. The van der Waals surface area contributed by atoms with Crippen molar-refractivity contribution in [2.45, 2.75) is 12.8 Å². The van der Waals surface area contributed by atoms with E-state index in [0.29, 0.717) is 24.2 Å². The first kappa shape index (κ1) is 12.3. The highest BCUT2D eigenvalue weighted by atomic mass is 16.3. The third-order valence-corrected chi connectivity index (χ3v) is 2.13. The molecule has 0 aromatic heterocycles. The summed E-state index contributed by atoms with van der Waals surface area (Å²) in [6.07, 6.45) is 0.660. The number of carbonyl (C=O) groups is 1. The van der Waals surface area contributed by atoms with Gasteiger partial charge in [-0.15, -0.1) is 0 Å². The summed E-state index contributed by atoms with van der Waals surface area (Å²) in [7, 11) is 0. The molecule has 1 aromatic rings. The van der Waals surface area contributed by atoms with Gasteiger partial charge in [-0.2, -0.15) is 0 Å². The van der Waals surface area contributed by atoms with E-state index in [1.54, 1.807) is 6.07 Å². The minimum atomic E-state index is -0.175. The Bertz CT molecular complexity index is 366. The molecule has 0 aliphatic rings. The number of hydrogen-bond donors (Lipinski definition) is 4. The number of phenols is 1. The fraction of sp³-hybridized carbons (Fsp3) is 0.364. The largest absolute Gasteiger partial charge is 0.508 e. The molecule has 1 aromatic carbocycles. The second-order valence-corrected chi connectivity index (χ2v) is 3.49. The van der Waals surface area contributed by atoms with Crippen LogP contribution >= 0.6 is 0 Å². The molecule has 0 bridgehead atoms. The average molecular weight is 224 g/mol. The quantitative estimate of drug-likeness (QED) is 0.322. The van der Waals surface area contributed by atoms with Crippen molar-refractivity contribution >= 4 is 11.6 Å². The Morgan fingerprint density at radius 3 is 2.88 bits per heavy atom. The fourth-order valence-electron chi connectivity index (χ4n) is 1.29. The van der Waals surface area contributed by atoms with Crippen molar-refractivity contribution in [1.82, 2.24) is 5.32 Å². The molecule has 5 heteroatoms. The lowest BCUT2D eigenvalue weighted by molar-refractivity contribution is -0.120. The number of aliphatic hydroxyl groups is 1. The van der Waals surface area contributed by atoms with Crippen LogP contribution in [0.2, 0.25) is 0 Å². The van der Waals surface area contributed by atoms with Crippen LogP contribution in [0.15, 0.2) is 18.2 Å². The topological polar surface area (TPSA) is 95.6 Å². The van der Waals surface area contributed by atoms with Gasteiger partial charge in [0.15, 0.2) is 0 Å². The van der Waals surface area contributed by atoms with Crippen LogP contribution in [0.3, 0.4) is 0 Å². The van der Waals surface area contributed by atoms with E-state index in [1.165, 1.54) is 12.1 Å². The van der Waals surface area contributed by atoms with E-state index >= 15 is 0 Å². The van der Waals surface area contributed by atoms with Crippen LogP contribution in [0.5, 0.6) is 5.75 Å². The van der Waals surface area contributed by atoms with Crippen LogP contribution in [-0.4, -0.2) is 29.3 Å². The molecular weight excluding hydrogens is 208 g/mol. The number of aliphatic hydroxyl groups excluding tert-OH is 1. The molecule has 5 N–H and O–H groups in total. The zero-order chi connectivity index (χ0) is 12.0. The van der Waals surface area contributed by atoms with Crippen molar-refractivity contribution in [3.63, 3.8) is 0 Å². The number of amides is 1. The van der Waals surface area contributed by atoms with E-state index in [4.69, 9.17) is 10.8 Å². The minimum Gasteiger partial charge on any atom is -0.508 e. The predicted molar refractivity (Wildman–Crippen MR) is 60.9 cm³/mol. The molecule has 1 amide bonds. The zero-order valence-corrected chi connectivity index (χ0v) is 8.94. The lowest BCUT2D eigenvalue weighted by Crippen LogP contribution is -2.26.